The highest BCUT2D eigenvalue weighted by Crippen LogP contribution is 2.31. The lowest BCUT2D eigenvalue weighted by Gasteiger charge is -2.34. The second-order valence-electron chi connectivity index (χ2n) is 7.61. The van der Waals surface area contributed by atoms with Crippen molar-refractivity contribution < 1.29 is 0 Å². The highest BCUT2D eigenvalue weighted by Gasteiger charge is 2.21. The zero-order valence-corrected chi connectivity index (χ0v) is 15.0. The number of aromatic nitrogens is 1. The summed E-state index contributed by atoms with van der Waals surface area (Å²) in [5, 5.41) is 0. The first-order chi connectivity index (χ1) is 11.8. The molecule has 0 bridgehead atoms. The molecule has 1 saturated heterocycles. The van der Waals surface area contributed by atoms with Gasteiger partial charge in [-0.2, -0.15) is 0 Å². The lowest BCUT2D eigenvalue weighted by molar-refractivity contribution is 0.155. The topological polar surface area (TPSA) is 8.17 Å². The van der Waals surface area contributed by atoms with Crippen molar-refractivity contribution in [3.8, 4) is 11.3 Å². The van der Waals surface area contributed by atoms with Crippen molar-refractivity contribution in [3.05, 3.63) is 47.7 Å². The molecule has 1 atom stereocenters. The largest absolute Gasteiger partial charge is 0.343 e. The van der Waals surface area contributed by atoms with E-state index in [1.165, 1.54) is 69.3 Å². The van der Waals surface area contributed by atoms with E-state index in [9.17, 15) is 0 Å². The van der Waals surface area contributed by atoms with Crippen molar-refractivity contribution in [1.82, 2.24) is 9.47 Å². The lowest BCUT2D eigenvalue weighted by Crippen LogP contribution is -2.39. The molecule has 1 aromatic carbocycles. The van der Waals surface area contributed by atoms with Gasteiger partial charge in [0.15, 0.2) is 0 Å². The minimum Gasteiger partial charge on any atom is -0.343 e. The zero-order valence-electron chi connectivity index (χ0n) is 15.0. The van der Waals surface area contributed by atoms with Gasteiger partial charge in [0.25, 0.3) is 0 Å². The van der Waals surface area contributed by atoms with Gasteiger partial charge in [0.05, 0.1) is 0 Å². The fourth-order valence-corrected chi connectivity index (χ4v) is 4.59. The SMILES string of the molecule is CC1CCCCN1CCn1c(-c2ccccc2)cc2c1CCCC2. The Hall–Kier alpha value is -1.54. The first-order valence-corrected chi connectivity index (χ1v) is 9.83. The lowest BCUT2D eigenvalue weighted by atomic mass is 9.98. The summed E-state index contributed by atoms with van der Waals surface area (Å²) in [6.07, 6.45) is 9.39. The van der Waals surface area contributed by atoms with Crippen LogP contribution in [0.3, 0.4) is 0 Å². The van der Waals surface area contributed by atoms with Gasteiger partial charge in [0.2, 0.25) is 0 Å². The van der Waals surface area contributed by atoms with Gasteiger partial charge in [0, 0.05) is 30.5 Å². The van der Waals surface area contributed by atoms with Gasteiger partial charge in [-0.1, -0.05) is 36.8 Å². The fraction of sp³-hybridized carbons (Fsp3) is 0.545. The van der Waals surface area contributed by atoms with Gasteiger partial charge in [-0.15, -0.1) is 0 Å². The van der Waals surface area contributed by atoms with E-state index in [1.807, 2.05) is 0 Å². The van der Waals surface area contributed by atoms with Crippen LogP contribution in [0.15, 0.2) is 36.4 Å². The van der Waals surface area contributed by atoms with Crippen LogP contribution in [0.25, 0.3) is 11.3 Å². The van der Waals surface area contributed by atoms with E-state index < -0.39 is 0 Å². The summed E-state index contributed by atoms with van der Waals surface area (Å²) in [5.74, 6) is 0. The molecule has 2 nitrogen and oxygen atoms in total. The molecule has 0 N–H and O–H groups in total. The van der Waals surface area contributed by atoms with Gasteiger partial charge in [-0.25, -0.2) is 0 Å². The molecule has 1 unspecified atom stereocenters. The van der Waals surface area contributed by atoms with Crippen molar-refractivity contribution in [3.63, 3.8) is 0 Å². The summed E-state index contributed by atoms with van der Waals surface area (Å²) >= 11 is 0. The average molecular weight is 322 g/mol. The van der Waals surface area contributed by atoms with E-state index >= 15 is 0 Å². The van der Waals surface area contributed by atoms with Crippen molar-refractivity contribution in [2.45, 2.75) is 64.5 Å². The first-order valence-electron chi connectivity index (χ1n) is 9.83. The molecule has 4 rings (SSSR count). The molecule has 2 aromatic rings. The Morgan fingerprint density at radius 3 is 2.62 bits per heavy atom. The summed E-state index contributed by atoms with van der Waals surface area (Å²) in [4.78, 5) is 2.70. The van der Waals surface area contributed by atoms with Crippen molar-refractivity contribution in [1.29, 1.82) is 0 Å². The standard InChI is InChI=1S/C22H30N2/c1-18-9-7-8-14-23(18)15-16-24-21-13-6-5-12-20(21)17-22(24)19-10-3-2-4-11-19/h2-4,10-11,17-18H,5-9,12-16H2,1H3. The molecule has 0 spiro atoms. The number of likely N-dealkylation sites (tertiary alicyclic amines) is 1. The minimum atomic E-state index is 0.755. The van der Waals surface area contributed by atoms with Gasteiger partial charge in [-0.3, -0.25) is 4.90 Å². The first kappa shape index (κ1) is 16.0. The highest BCUT2D eigenvalue weighted by molar-refractivity contribution is 5.62. The molecule has 0 saturated carbocycles. The third kappa shape index (κ3) is 3.17. The van der Waals surface area contributed by atoms with E-state index in [1.54, 1.807) is 11.3 Å². The van der Waals surface area contributed by atoms with Gasteiger partial charge >= 0.3 is 0 Å². The Balaban J connectivity index is 1.61. The molecular formula is C22H30N2. The summed E-state index contributed by atoms with van der Waals surface area (Å²) in [7, 11) is 0. The van der Waals surface area contributed by atoms with Crippen LogP contribution < -0.4 is 0 Å². The normalized spacial score (nSPS) is 21.6. The highest BCUT2D eigenvalue weighted by atomic mass is 15.2. The molecule has 128 valence electrons. The molecule has 1 aromatic heterocycles. The Kier molecular flexibility index (Phi) is 4.75. The zero-order chi connectivity index (χ0) is 16.4. The number of hydrogen-bond donors (Lipinski definition) is 0. The number of rotatable bonds is 4. The van der Waals surface area contributed by atoms with E-state index in [4.69, 9.17) is 0 Å². The van der Waals surface area contributed by atoms with Gasteiger partial charge < -0.3 is 4.57 Å². The smallest absolute Gasteiger partial charge is 0.0485 e. The van der Waals surface area contributed by atoms with Crippen LogP contribution in [0, 0.1) is 0 Å². The minimum absolute atomic E-state index is 0.755. The Bertz CT molecular complexity index is 671. The molecule has 24 heavy (non-hydrogen) atoms. The van der Waals surface area contributed by atoms with E-state index in [-0.39, 0.29) is 0 Å². The molecule has 0 amide bonds. The third-order valence-corrected chi connectivity index (χ3v) is 6.03. The second-order valence-corrected chi connectivity index (χ2v) is 7.61. The summed E-state index contributed by atoms with van der Waals surface area (Å²) in [6, 6.07) is 14.2. The summed E-state index contributed by atoms with van der Waals surface area (Å²) in [6.45, 7) is 6.03. The van der Waals surface area contributed by atoms with Crippen LogP contribution in [0.1, 0.15) is 50.3 Å². The van der Waals surface area contributed by atoms with Gasteiger partial charge in [0.1, 0.15) is 0 Å². The number of hydrogen-bond acceptors (Lipinski definition) is 1. The molecule has 1 aliphatic carbocycles. The monoisotopic (exact) mass is 322 g/mol. The number of piperidine rings is 1. The molecule has 1 fully saturated rings. The van der Waals surface area contributed by atoms with Crippen LogP contribution >= 0.6 is 0 Å². The predicted molar refractivity (Wildman–Crippen MR) is 101 cm³/mol. The summed E-state index contributed by atoms with van der Waals surface area (Å²) < 4.78 is 2.64. The van der Waals surface area contributed by atoms with Crippen molar-refractivity contribution in [2.75, 3.05) is 13.1 Å². The Morgan fingerprint density at radius 1 is 0.958 bits per heavy atom. The number of nitrogens with zero attached hydrogens (tertiary/aromatic N) is 2. The number of aryl methyl sites for hydroxylation is 1. The van der Waals surface area contributed by atoms with E-state index in [2.05, 4.69) is 52.8 Å². The maximum Gasteiger partial charge on any atom is 0.0485 e. The molecule has 2 heterocycles. The average Bonchev–Trinajstić information content (AvgIpc) is 3.00. The maximum atomic E-state index is 2.70. The second kappa shape index (κ2) is 7.14. The third-order valence-electron chi connectivity index (χ3n) is 6.03. The van der Waals surface area contributed by atoms with Crippen LogP contribution in [-0.2, 0) is 19.4 Å². The van der Waals surface area contributed by atoms with E-state index in [0.29, 0.717) is 0 Å². The van der Waals surface area contributed by atoms with Crippen LogP contribution in [-0.4, -0.2) is 28.6 Å². The predicted octanol–water partition coefficient (Wildman–Crippen LogP) is 4.91. The molecule has 0 radical (unpaired) electrons. The fourth-order valence-electron chi connectivity index (χ4n) is 4.59. The molecule has 2 aliphatic rings. The van der Waals surface area contributed by atoms with Gasteiger partial charge in [-0.05, 0) is 69.2 Å². The molecule has 2 heteroatoms. The van der Waals surface area contributed by atoms with Crippen LogP contribution in [0.2, 0.25) is 0 Å². The van der Waals surface area contributed by atoms with Crippen molar-refractivity contribution >= 4 is 0 Å². The van der Waals surface area contributed by atoms with Crippen LogP contribution in [0.4, 0.5) is 0 Å². The van der Waals surface area contributed by atoms with Crippen LogP contribution in [0.5, 0.6) is 0 Å². The summed E-state index contributed by atoms with van der Waals surface area (Å²) in [5.41, 5.74) is 6.03. The number of fused-ring (bicyclic) bond motifs is 1. The molecular weight excluding hydrogens is 292 g/mol. The quantitative estimate of drug-likeness (QED) is 0.776. The maximum absolute atomic E-state index is 2.70. The van der Waals surface area contributed by atoms with E-state index in [0.717, 1.165) is 12.6 Å². The van der Waals surface area contributed by atoms with Crippen molar-refractivity contribution in [2.24, 2.45) is 0 Å². The number of benzene rings is 1. The Labute approximate surface area is 146 Å². The Morgan fingerprint density at radius 2 is 1.79 bits per heavy atom. The molecule has 1 aliphatic heterocycles.